The molecule has 4 aromatic rings. The van der Waals surface area contributed by atoms with E-state index in [0.29, 0.717) is 17.7 Å². The molecule has 182 valence electrons. The normalized spacial score (nSPS) is 15.8. The van der Waals surface area contributed by atoms with Gasteiger partial charge >= 0.3 is 6.03 Å². The number of hydrogen-bond donors (Lipinski definition) is 1. The third-order valence-corrected chi connectivity index (χ3v) is 6.65. The van der Waals surface area contributed by atoms with Crippen molar-refractivity contribution in [1.82, 2.24) is 20.4 Å². The van der Waals surface area contributed by atoms with Crippen LogP contribution in [-0.2, 0) is 13.0 Å². The third-order valence-electron chi connectivity index (χ3n) is 6.65. The van der Waals surface area contributed by atoms with Gasteiger partial charge in [-0.3, -0.25) is 4.90 Å². The summed E-state index contributed by atoms with van der Waals surface area (Å²) in [5.74, 6) is 0.191. The predicted molar refractivity (Wildman–Crippen MR) is 136 cm³/mol. The van der Waals surface area contributed by atoms with Gasteiger partial charge in [-0.1, -0.05) is 72.7 Å². The molecule has 5 rings (SSSR count). The van der Waals surface area contributed by atoms with Crippen LogP contribution in [0.5, 0.6) is 0 Å². The van der Waals surface area contributed by atoms with Crippen LogP contribution in [0, 0.1) is 12.7 Å². The van der Waals surface area contributed by atoms with Gasteiger partial charge in [-0.15, -0.1) is 0 Å². The first-order valence-electron chi connectivity index (χ1n) is 12.0. The molecule has 6 nitrogen and oxygen atoms in total. The SMILES string of the molecule is CCc1ccc(C2NC(=O)N(Cc3ccccc3C)C(C)=C2c2nc(-c3cccc(F)c3)no2)cc1. The first-order chi connectivity index (χ1) is 17.4. The smallest absolute Gasteiger partial charge is 0.322 e. The summed E-state index contributed by atoms with van der Waals surface area (Å²) < 4.78 is 19.5. The van der Waals surface area contributed by atoms with Gasteiger partial charge in [-0.05, 0) is 54.7 Å². The second-order valence-electron chi connectivity index (χ2n) is 8.92. The summed E-state index contributed by atoms with van der Waals surface area (Å²) >= 11 is 0. The number of nitrogens with zero attached hydrogens (tertiary/aromatic N) is 3. The lowest BCUT2D eigenvalue weighted by Gasteiger charge is -2.35. The number of allylic oxidation sites excluding steroid dienone is 1. The van der Waals surface area contributed by atoms with Gasteiger partial charge in [0, 0.05) is 11.3 Å². The van der Waals surface area contributed by atoms with Crippen molar-refractivity contribution in [3.63, 3.8) is 0 Å². The molecule has 1 aromatic heterocycles. The number of nitrogens with one attached hydrogen (secondary N) is 1. The Hall–Kier alpha value is -4.26. The van der Waals surface area contributed by atoms with Crippen molar-refractivity contribution in [2.45, 2.75) is 39.8 Å². The topological polar surface area (TPSA) is 71.3 Å². The lowest BCUT2D eigenvalue weighted by molar-refractivity contribution is 0.203. The van der Waals surface area contributed by atoms with Crippen molar-refractivity contribution >= 4 is 11.6 Å². The Morgan fingerprint density at radius 3 is 2.53 bits per heavy atom. The minimum absolute atomic E-state index is 0.200. The standard InChI is InChI=1S/C29H27FN4O2/c1-4-20-12-14-21(15-13-20)26-25(28-32-27(33-36-28)22-10-7-11-24(30)16-22)19(3)34(29(35)31-26)17-23-9-6-5-8-18(23)2/h5-16,26H,4,17H2,1-3H3,(H,31,35). The van der Waals surface area contributed by atoms with Crippen molar-refractivity contribution in [3.05, 3.63) is 112 Å². The van der Waals surface area contributed by atoms with Crippen LogP contribution >= 0.6 is 0 Å². The van der Waals surface area contributed by atoms with Crippen LogP contribution < -0.4 is 5.32 Å². The molecule has 2 heterocycles. The summed E-state index contributed by atoms with van der Waals surface area (Å²) in [4.78, 5) is 19.6. The van der Waals surface area contributed by atoms with Gasteiger partial charge in [-0.2, -0.15) is 4.98 Å². The number of rotatable bonds is 6. The van der Waals surface area contributed by atoms with E-state index in [1.54, 1.807) is 17.0 Å². The highest BCUT2D eigenvalue weighted by Crippen LogP contribution is 2.38. The molecule has 0 radical (unpaired) electrons. The highest BCUT2D eigenvalue weighted by molar-refractivity contribution is 5.87. The number of aryl methyl sites for hydroxylation is 2. The molecule has 0 aliphatic carbocycles. The minimum atomic E-state index is -0.475. The number of urea groups is 1. The maximum Gasteiger partial charge on any atom is 0.322 e. The molecule has 3 aromatic carbocycles. The van der Waals surface area contributed by atoms with E-state index in [2.05, 4.69) is 34.5 Å². The molecule has 0 fully saturated rings. The number of carbonyl (C=O) groups excluding carboxylic acids is 1. The molecule has 7 heteroatoms. The zero-order valence-electron chi connectivity index (χ0n) is 20.5. The van der Waals surface area contributed by atoms with E-state index < -0.39 is 6.04 Å². The quantitative estimate of drug-likeness (QED) is 0.343. The van der Waals surface area contributed by atoms with Gasteiger partial charge < -0.3 is 9.84 Å². The Morgan fingerprint density at radius 1 is 1.03 bits per heavy atom. The van der Waals surface area contributed by atoms with Gasteiger partial charge in [-0.25, -0.2) is 9.18 Å². The largest absolute Gasteiger partial charge is 0.334 e. The number of halogens is 1. The number of amides is 2. The van der Waals surface area contributed by atoms with E-state index in [4.69, 9.17) is 4.52 Å². The molecule has 36 heavy (non-hydrogen) atoms. The fourth-order valence-corrected chi connectivity index (χ4v) is 4.48. The molecule has 1 N–H and O–H groups in total. The molecule has 0 saturated heterocycles. The summed E-state index contributed by atoms with van der Waals surface area (Å²) in [6, 6.07) is 21.5. The van der Waals surface area contributed by atoms with Gasteiger partial charge in [0.15, 0.2) is 0 Å². The zero-order chi connectivity index (χ0) is 25.2. The van der Waals surface area contributed by atoms with E-state index in [0.717, 1.165) is 28.8 Å². The first kappa shape index (κ1) is 23.5. The lowest BCUT2D eigenvalue weighted by atomic mass is 9.93. The Morgan fingerprint density at radius 2 is 1.81 bits per heavy atom. The van der Waals surface area contributed by atoms with Crippen LogP contribution in [0.1, 0.15) is 48.0 Å². The molecule has 2 amide bonds. The molecule has 0 spiro atoms. The first-order valence-corrected chi connectivity index (χ1v) is 12.0. The number of carbonyl (C=O) groups is 1. The van der Waals surface area contributed by atoms with Crippen LogP contribution in [0.3, 0.4) is 0 Å². The van der Waals surface area contributed by atoms with Crippen molar-refractivity contribution in [3.8, 4) is 11.4 Å². The highest BCUT2D eigenvalue weighted by atomic mass is 19.1. The Kier molecular flexibility index (Phi) is 6.38. The lowest BCUT2D eigenvalue weighted by Crippen LogP contribution is -2.45. The molecule has 1 aliphatic heterocycles. The summed E-state index contributed by atoms with van der Waals surface area (Å²) in [5, 5.41) is 7.26. The minimum Gasteiger partial charge on any atom is -0.334 e. The van der Waals surface area contributed by atoms with Crippen LogP contribution in [0.4, 0.5) is 9.18 Å². The molecule has 0 bridgehead atoms. The summed E-state index contributed by atoms with van der Waals surface area (Å²) in [6.07, 6.45) is 0.921. The molecule has 0 saturated carbocycles. The summed E-state index contributed by atoms with van der Waals surface area (Å²) in [5.41, 5.74) is 6.21. The average molecular weight is 483 g/mol. The van der Waals surface area contributed by atoms with Crippen molar-refractivity contribution in [2.24, 2.45) is 0 Å². The Balaban J connectivity index is 1.60. The second-order valence-corrected chi connectivity index (χ2v) is 8.92. The van der Waals surface area contributed by atoms with Gasteiger partial charge in [0.1, 0.15) is 5.82 Å². The number of benzene rings is 3. The molecule has 1 atom stereocenters. The van der Waals surface area contributed by atoms with Crippen LogP contribution in [0.2, 0.25) is 0 Å². The average Bonchev–Trinajstić information content (AvgIpc) is 3.37. The van der Waals surface area contributed by atoms with Gasteiger partial charge in [0.05, 0.1) is 18.2 Å². The molecule has 1 aliphatic rings. The van der Waals surface area contributed by atoms with E-state index >= 15 is 0 Å². The van der Waals surface area contributed by atoms with E-state index in [-0.39, 0.29) is 23.6 Å². The van der Waals surface area contributed by atoms with E-state index in [1.165, 1.54) is 17.7 Å². The fraction of sp³-hybridized carbons (Fsp3) is 0.207. The van der Waals surface area contributed by atoms with Crippen LogP contribution in [0.15, 0.2) is 83.0 Å². The van der Waals surface area contributed by atoms with Gasteiger partial charge in [0.2, 0.25) is 5.82 Å². The van der Waals surface area contributed by atoms with Crippen molar-refractivity contribution in [2.75, 3.05) is 0 Å². The van der Waals surface area contributed by atoms with E-state index in [1.807, 2.05) is 50.2 Å². The van der Waals surface area contributed by atoms with Crippen LogP contribution in [-0.4, -0.2) is 21.1 Å². The van der Waals surface area contributed by atoms with Gasteiger partial charge in [0.25, 0.3) is 5.89 Å². The van der Waals surface area contributed by atoms with Crippen LogP contribution in [0.25, 0.3) is 17.0 Å². The maximum absolute atomic E-state index is 13.8. The zero-order valence-corrected chi connectivity index (χ0v) is 20.5. The Labute approximate surface area is 209 Å². The molecule has 1 unspecified atom stereocenters. The summed E-state index contributed by atoms with van der Waals surface area (Å²) in [7, 11) is 0. The van der Waals surface area contributed by atoms with Crippen molar-refractivity contribution in [1.29, 1.82) is 0 Å². The predicted octanol–water partition coefficient (Wildman–Crippen LogP) is 6.44. The monoisotopic (exact) mass is 482 g/mol. The van der Waals surface area contributed by atoms with Crippen molar-refractivity contribution < 1.29 is 13.7 Å². The molecular weight excluding hydrogens is 455 g/mol. The highest BCUT2D eigenvalue weighted by Gasteiger charge is 2.36. The maximum atomic E-state index is 13.8. The number of aromatic nitrogens is 2. The molecular formula is C29H27FN4O2. The fourth-order valence-electron chi connectivity index (χ4n) is 4.48. The Bertz CT molecular complexity index is 1440. The van der Waals surface area contributed by atoms with E-state index in [9.17, 15) is 9.18 Å². The second kappa shape index (κ2) is 9.77. The summed E-state index contributed by atoms with van der Waals surface area (Å²) in [6.45, 7) is 6.42. The number of hydrogen-bond acceptors (Lipinski definition) is 4. The third kappa shape index (κ3) is 4.52.